The monoisotopic (exact) mass is 267 g/mol. The average molecular weight is 267 g/mol. The number of unbranched alkanes of at least 4 members (excludes halogenated alkanes) is 1. The van der Waals surface area contributed by atoms with Crippen LogP contribution in [0.25, 0.3) is 0 Å². The van der Waals surface area contributed by atoms with Crippen molar-refractivity contribution in [1.29, 1.82) is 0 Å². The van der Waals surface area contributed by atoms with Gasteiger partial charge in [0.1, 0.15) is 6.29 Å². The van der Waals surface area contributed by atoms with Crippen molar-refractivity contribution >= 4 is 13.4 Å². The molecule has 0 spiro atoms. The van der Waals surface area contributed by atoms with E-state index in [0.717, 1.165) is 25.7 Å². The summed E-state index contributed by atoms with van der Waals surface area (Å²) in [4.78, 5) is 12.3. The van der Waals surface area contributed by atoms with Crippen molar-refractivity contribution in [1.82, 2.24) is 4.90 Å². The quantitative estimate of drug-likeness (QED) is 0.402. The molecule has 1 saturated heterocycles. The van der Waals surface area contributed by atoms with Crippen LogP contribution in [0.2, 0.25) is 0 Å². The predicted octanol–water partition coefficient (Wildman–Crippen LogP) is 2.08. The molecule has 108 valence electrons. The van der Waals surface area contributed by atoms with Crippen molar-refractivity contribution in [3.8, 4) is 0 Å². The Balaban J connectivity index is 2.26. The fourth-order valence-corrected chi connectivity index (χ4v) is 1.87. The fourth-order valence-electron chi connectivity index (χ4n) is 1.87. The second-order valence-electron chi connectivity index (χ2n) is 6.12. The smallest absolute Gasteiger partial charge is 0.400 e. The number of likely N-dealkylation sites (N-methyl/N-ethyl adjacent to an activating group) is 1. The summed E-state index contributed by atoms with van der Waals surface area (Å²) in [5, 5.41) is 0. The lowest BCUT2D eigenvalue weighted by Crippen LogP contribution is -2.41. The van der Waals surface area contributed by atoms with Crippen LogP contribution < -0.4 is 0 Å². The van der Waals surface area contributed by atoms with E-state index < -0.39 is 0 Å². The number of carbonyl (C=O) groups excluding carboxylic acids is 1. The van der Waals surface area contributed by atoms with Gasteiger partial charge in [-0.1, -0.05) is 12.1 Å². The van der Waals surface area contributed by atoms with E-state index in [1.165, 1.54) is 0 Å². The first-order valence-electron chi connectivity index (χ1n) is 6.93. The normalized spacial score (nSPS) is 21.5. The highest BCUT2D eigenvalue weighted by molar-refractivity contribution is 6.51. The molecule has 0 saturated carbocycles. The van der Waals surface area contributed by atoms with Crippen LogP contribution in [0.4, 0.5) is 0 Å². The van der Waals surface area contributed by atoms with E-state index >= 15 is 0 Å². The maximum atomic E-state index is 10.3. The van der Waals surface area contributed by atoms with Crippen molar-refractivity contribution in [2.75, 3.05) is 20.1 Å². The Morgan fingerprint density at radius 1 is 1.16 bits per heavy atom. The van der Waals surface area contributed by atoms with Crippen molar-refractivity contribution in [3.63, 3.8) is 0 Å². The van der Waals surface area contributed by atoms with E-state index in [1.54, 1.807) is 0 Å². The number of allylic oxidation sites excluding steroid dienone is 1. The zero-order valence-electron chi connectivity index (χ0n) is 12.8. The van der Waals surface area contributed by atoms with Crippen LogP contribution in [-0.2, 0) is 14.1 Å². The minimum Gasteiger partial charge on any atom is -0.400 e. The highest BCUT2D eigenvalue weighted by Gasteiger charge is 2.49. The van der Waals surface area contributed by atoms with Crippen LogP contribution in [0.3, 0.4) is 0 Å². The van der Waals surface area contributed by atoms with Gasteiger partial charge in [-0.3, -0.25) is 4.90 Å². The Morgan fingerprint density at radius 2 is 1.74 bits per heavy atom. The van der Waals surface area contributed by atoms with Gasteiger partial charge in [0.2, 0.25) is 0 Å². The van der Waals surface area contributed by atoms with Crippen molar-refractivity contribution in [3.05, 3.63) is 12.1 Å². The molecule has 0 aromatic carbocycles. The van der Waals surface area contributed by atoms with Gasteiger partial charge >= 0.3 is 7.12 Å². The SMILES string of the molecule is CN(CC=O)CCC/C=C/B1OC(C)(C)C(C)(C)O1. The van der Waals surface area contributed by atoms with Gasteiger partial charge in [0.05, 0.1) is 17.7 Å². The summed E-state index contributed by atoms with van der Waals surface area (Å²) in [5.74, 6) is 1.98. The average Bonchev–Trinajstić information content (AvgIpc) is 2.47. The summed E-state index contributed by atoms with van der Waals surface area (Å²) in [6.07, 6.45) is 5.02. The number of hydrogen-bond donors (Lipinski definition) is 0. The molecule has 19 heavy (non-hydrogen) atoms. The maximum absolute atomic E-state index is 10.3. The van der Waals surface area contributed by atoms with Gasteiger partial charge in [0.25, 0.3) is 0 Å². The molecule has 1 aliphatic rings. The summed E-state index contributed by atoms with van der Waals surface area (Å²) in [5.41, 5.74) is -0.543. The number of hydrogen-bond acceptors (Lipinski definition) is 4. The number of aldehydes is 1. The fraction of sp³-hybridized carbons (Fsp3) is 0.786. The molecule has 0 radical (unpaired) electrons. The number of carbonyl (C=O) groups is 1. The largest absolute Gasteiger partial charge is 0.486 e. The Bertz CT molecular complexity index is 313. The van der Waals surface area contributed by atoms with Crippen LogP contribution >= 0.6 is 0 Å². The zero-order chi connectivity index (χ0) is 14.5. The van der Waals surface area contributed by atoms with Crippen LogP contribution in [0.5, 0.6) is 0 Å². The van der Waals surface area contributed by atoms with Gasteiger partial charge in [0.15, 0.2) is 0 Å². The summed E-state index contributed by atoms with van der Waals surface area (Å²) in [6, 6.07) is 0. The molecule has 5 heteroatoms. The first kappa shape index (κ1) is 16.4. The summed E-state index contributed by atoms with van der Waals surface area (Å²) in [6.45, 7) is 9.63. The molecule has 0 unspecified atom stereocenters. The van der Waals surface area contributed by atoms with E-state index in [1.807, 2.05) is 17.9 Å². The van der Waals surface area contributed by atoms with E-state index in [4.69, 9.17) is 9.31 Å². The number of nitrogens with zero attached hydrogens (tertiary/aromatic N) is 1. The van der Waals surface area contributed by atoms with E-state index in [0.29, 0.717) is 6.54 Å². The highest BCUT2D eigenvalue weighted by atomic mass is 16.7. The molecule has 0 amide bonds. The lowest BCUT2D eigenvalue weighted by molar-refractivity contribution is -0.108. The van der Waals surface area contributed by atoms with E-state index in [9.17, 15) is 4.79 Å². The van der Waals surface area contributed by atoms with Crippen LogP contribution in [0.1, 0.15) is 40.5 Å². The lowest BCUT2D eigenvalue weighted by atomic mass is 9.89. The molecule has 4 nitrogen and oxygen atoms in total. The van der Waals surface area contributed by atoms with Gasteiger partial charge in [-0.2, -0.15) is 0 Å². The number of rotatable bonds is 7. The topological polar surface area (TPSA) is 38.8 Å². The molecule has 1 heterocycles. The van der Waals surface area contributed by atoms with E-state index in [-0.39, 0.29) is 18.3 Å². The molecule has 1 aliphatic heterocycles. The van der Waals surface area contributed by atoms with Gasteiger partial charge in [-0.25, -0.2) is 0 Å². The first-order valence-corrected chi connectivity index (χ1v) is 6.93. The third kappa shape index (κ3) is 4.75. The lowest BCUT2D eigenvalue weighted by Gasteiger charge is -2.32. The van der Waals surface area contributed by atoms with Crippen molar-refractivity contribution in [2.45, 2.75) is 51.7 Å². The Kier molecular flexibility index (Phi) is 5.77. The van der Waals surface area contributed by atoms with Crippen LogP contribution in [0.15, 0.2) is 12.1 Å². The molecule has 0 aromatic heterocycles. The standard InChI is InChI=1S/C14H26BNO3/c1-13(2)14(3,4)19-15(18-13)9-7-6-8-10-16(5)11-12-17/h7,9,12H,6,8,10-11H2,1-5H3/b9-7+. The molecule has 0 bridgehead atoms. The molecular formula is C14H26BNO3. The van der Waals surface area contributed by atoms with Gasteiger partial charge in [-0.15, -0.1) is 0 Å². The third-order valence-corrected chi connectivity index (χ3v) is 3.86. The van der Waals surface area contributed by atoms with Crippen molar-refractivity contribution < 1.29 is 14.1 Å². The highest BCUT2D eigenvalue weighted by Crippen LogP contribution is 2.36. The van der Waals surface area contributed by atoms with Gasteiger partial charge in [0, 0.05) is 0 Å². The maximum Gasteiger partial charge on any atom is 0.486 e. The van der Waals surface area contributed by atoms with Crippen LogP contribution in [0, 0.1) is 0 Å². The van der Waals surface area contributed by atoms with Crippen LogP contribution in [-0.4, -0.2) is 49.6 Å². The summed E-state index contributed by atoms with van der Waals surface area (Å²) >= 11 is 0. The van der Waals surface area contributed by atoms with Gasteiger partial charge < -0.3 is 14.1 Å². The molecule has 1 fully saturated rings. The second kappa shape index (κ2) is 6.68. The minimum atomic E-state index is -0.272. The minimum absolute atomic E-state index is 0.252. The van der Waals surface area contributed by atoms with E-state index in [2.05, 4.69) is 33.8 Å². The summed E-state index contributed by atoms with van der Waals surface area (Å²) in [7, 11) is 1.70. The van der Waals surface area contributed by atoms with Gasteiger partial charge in [-0.05, 0) is 54.1 Å². The molecule has 0 N–H and O–H groups in total. The molecule has 0 aliphatic carbocycles. The zero-order valence-corrected chi connectivity index (χ0v) is 12.8. The molecule has 1 rings (SSSR count). The Hall–Kier alpha value is -0.645. The molecule has 0 aromatic rings. The predicted molar refractivity (Wildman–Crippen MR) is 78.0 cm³/mol. The van der Waals surface area contributed by atoms with Crippen molar-refractivity contribution in [2.24, 2.45) is 0 Å². The molecular weight excluding hydrogens is 241 g/mol. The Morgan fingerprint density at radius 3 is 2.26 bits per heavy atom. The second-order valence-corrected chi connectivity index (χ2v) is 6.12. The summed E-state index contributed by atoms with van der Waals surface area (Å²) < 4.78 is 11.7. The molecule has 0 atom stereocenters. The Labute approximate surface area is 117 Å². The first-order chi connectivity index (χ1) is 8.78. The third-order valence-electron chi connectivity index (χ3n) is 3.86.